The van der Waals surface area contributed by atoms with Gasteiger partial charge in [0.1, 0.15) is 5.82 Å². The Bertz CT molecular complexity index is 397. The Balaban J connectivity index is 2.30. The van der Waals surface area contributed by atoms with Gasteiger partial charge in [0.15, 0.2) is 0 Å². The molecule has 0 spiro atoms. The number of hydrogen-bond acceptors (Lipinski definition) is 2. The Morgan fingerprint density at radius 3 is 2.56 bits per heavy atom. The lowest BCUT2D eigenvalue weighted by Crippen LogP contribution is -2.35. The summed E-state index contributed by atoms with van der Waals surface area (Å²) in [7, 11) is 2.00. The number of rotatable bonds is 3. The molecule has 0 heterocycles. The molecule has 1 aromatic carbocycles. The Morgan fingerprint density at radius 1 is 1.28 bits per heavy atom. The zero-order valence-corrected chi connectivity index (χ0v) is 11.3. The van der Waals surface area contributed by atoms with Crippen LogP contribution >= 0.6 is 0 Å². The second-order valence-corrected chi connectivity index (χ2v) is 5.37. The van der Waals surface area contributed by atoms with Crippen LogP contribution in [0.5, 0.6) is 0 Å². The number of nitrogens with zero attached hydrogens (tertiary/aromatic N) is 1. The van der Waals surface area contributed by atoms with E-state index in [1.807, 2.05) is 20.0 Å². The van der Waals surface area contributed by atoms with E-state index in [9.17, 15) is 4.39 Å². The van der Waals surface area contributed by atoms with Crippen molar-refractivity contribution in [3.8, 4) is 0 Å². The first-order valence-electron chi connectivity index (χ1n) is 6.88. The summed E-state index contributed by atoms with van der Waals surface area (Å²) in [6, 6.07) is 5.52. The van der Waals surface area contributed by atoms with E-state index >= 15 is 0 Å². The van der Waals surface area contributed by atoms with Gasteiger partial charge in [-0.15, -0.1) is 0 Å². The summed E-state index contributed by atoms with van der Waals surface area (Å²) in [4.78, 5) is 2.10. The third kappa shape index (κ3) is 2.66. The van der Waals surface area contributed by atoms with Crippen molar-refractivity contribution in [2.75, 3.05) is 11.9 Å². The van der Waals surface area contributed by atoms with Crippen molar-refractivity contribution in [2.24, 2.45) is 5.73 Å². The van der Waals surface area contributed by atoms with Gasteiger partial charge in [-0.2, -0.15) is 0 Å². The normalized spacial score (nSPS) is 18.7. The molecule has 0 amide bonds. The van der Waals surface area contributed by atoms with E-state index in [0.29, 0.717) is 11.7 Å². The zero-order valence-electron chi connectivity index (χ0n) is 11.3. The number of nitrogens with two attached hydrogens (primary N) is 1. The first-order chi connectivity index (χ1) is 8.61. The Kier molecular flexibility index (Phi) is 4.23. The molecule has 0 bridgehead atoms. The third-order valence-corrected chi connectivity index (χ3v) is 3.98. The predicted molar refractivity (Wildman–Crippen MR) is 74.3 cm³/mol. The molecule has 1 aliphatic carbocycles. The van der Waals surface area contributed by atoms with Gasteiger partial charge in [0.05, 0.1) is 5.69 Å². The lowest BCUT2D eigenvalue weighted by atomic mass is 9.93. The SMILES string of the molecule is CC(N)c1cccc(F)c1N(C)C1CCCCC1. The molecule has 0 aromatic heterocycles. The molecule has 1 atom stereocenters. The van der Waals surface area contributed by atoms with Gasteiger partial charge in [0, 0.05) is 19.1 Å². The highest BCUT2D eigenvalue weighted by Crippen LogP contribution is 2.32. The smallest absolute Gasteiger partial charge is 0.146 e. The van der Waals surface area contributed by atoms with Crippen LogP contribution in [0.4, 0.5) is 10.1 Å². The molecule has 1 aromatic rings. The van der Waals surface area contributed by atoms with Crippen molar-refractivity contribution in [1.82, 2.24) is 0 Å². The van der Waals surface area contributed by atoms with Crippen molar-refractivity contribution in [3.05, 3.63) is 29.6 Å². The molecule has 2 N–H and O–H groups in total. The van der Waals surface area contributed by atoms with Gasteiger partial charge in [0.2, 0.25) is 0 Å². The van der Waals surface area contributed by atoms with Gasteiger partial charge in [-0.3, -0.25) is 0 Å². The molecule has 3 heteroatoms. The van der Waals surface area contributed by atoms with Crippen molar-refractivity contribution in [1.29, 1.82) is 0 Å². The van der Waals surface area contributed by atoms with Gasteiger partial charge < -0.3 is 10.6 Å². The summed E-state index contributed by atoms with van der Waals surface area (Å²) < 4.78 is 14.1. The standard InChI is InChI=1S/C15H23FN2/c1-11(17)13-9-6-10-14(16)15(13)18(2)12-7-4-3-5-8-12/h6,9-12H,3-5,7-8,17H2,1-2H3. The first-order valence-corrected chi connectivity index (χ1v) is 6.88. The molecule has 1 aliphatic rings. The Labute approximate surface area is 109 Å². The summed E-state index contributed by atoms with van der Waals surface area (Å²) in [5.74, 6) is -0.155. The maximum Gasteiger partial charge on any atom is 0.146 e. The molecule has 2 rings (SSSR count). The number of benzene rings is 1. The molecule has 18 heavy (non-hydrogen) atoms. The molecule has 1 saturated carbocycles. The van der Waals surface area contributed by atoms with E-state index in [4.69, 9.17) is 5.73 Å². The Hall–Kier alpha value is -1.09. The molecule has 0 aliphatic heterocycles. The van der Waals surface area contributed by atoms with E-state index in [0.717, 1.165) is 18.4 Å². The summed E-state index contributed by atoms with van der Waals surface area (Å²) in [6.45, 7) is 1.91. The molecule has 100 valence electrons. The number of hydrogen-bond donors (Lipinski definition) is 1. The van der Waals surface area contributed by atoms with Crippen molar-refractivity contribution < 1.29 is 4.39 Å². The molecule has 0 saturated heterocycles. The van der Waals surface area contributed by atoms with E-state index < -0.39 is 0 Å². The molecular weight excluding hydrogens is 227 g/mol. The zero-order chi connectivity index (χ0) is 13.1. The van der Waals surface area contributed by atoms with Crippen molar-refractivity contribution in [3.63, 3.8) is 0 Å². The van der Waals surface area contributed by atoms with Crippen LogP contribution in [0.15, 0.2) is 18.2 Å². The van der Waals surface area contributed by atoms with Crippen LogP contribution < -0.4 is 10.6 Å². The van der Waals surface area contributed by atoms with Crippen molar-refractivity contribution >= 4 is 5.69 Å². The molecule has 2 nitrogen and oxygen atoms in total. The minimum Gasteiger partial charge on any atom is -0.369 e. The van der Waals surface area contributed by atoms with Gasteiger partial charge in [-0.25, -0.2) is 4.39 Å². The van der Waals surface area contributed by atoms with Gasteiger partial charge in [-0.05, 0) is 31.4 Å². The van der Waals surface area contributed by atoms with Gasteiger partial charge in [0.25, 0.3) is 0 Å². The molecule has 1 unspecified atom stereocenters. The Morgan fingerprint density at radius 2 is 1.94 bits per heavy atom. The second-order valence-electron chi connectivity index (χ2n) is 5.37. The minimum absolute atomic E-state index is 0.137. The summed E-state index contributed by atoms with van der Waals surface area (Å²) in [6.07, 6.45) is 6.11. The summed E-state index contributed by atoms with van der Waals surface area (Å²) >= 11 is 0. The highest BCUT2D eigenvalue weighted by Gasteiger charge is 2.23. The number of anilines is 1. The fourth-order valence-corrected chi connectivity index (χ4v) is 2.92. The molecule has 1 fully saturated rings. The van der Waals surface area contributed by atoms with Crippen LogP contribution in [-0.2, 0) is 0 Å². The first kappa shape index (κ1) is 13.3. The summed E-state index contributed by atoms with van der Waals surface area (Å²) in [5.41, 5.74) is 7.56. The monoisotopic (exact) mass is 250 g/mol. The van der Waals surface area contributed by atoms with E-state index in [1.54, 1.807) is 6.07 Å². The van der Waals surface area contributed by atoms with Crippen LogP contribution in [0.2, 0.25) is 0 Å². The minimum atomic E-state index is -0.155. The highest BCUT2D eigenvalue weighted by atomic mass is 19.1. The third-order valence-electron chi connectivity index (χ3n) is 3.98. The number of halogens is 1. The van der Waals surface area contributed by atoms with E-state index in [-0.39, 0.29) is 11.9 Å². The fraction of sp³-hybridized carbons (Fsp3) is 0.600. The van der Waals surface area contributed by atoms with Crippen LogP contribution in [0.3, 0.4) is 0 Å². The fourth-order valence-electron chi connectivity index (χ4n) is 2.92. The average Bonchev–Trinajstić information content (AvgIpc) is 2.38. The predicted octanol–water partition coefficient (Wildman–Crippen LogP) is 3.61. The van der Waals surface area contributed by atoms with Crippen molar-refractivity contribution in [2.45, 2.75) is 51.1 Å². The highest BCUT2D eigenvalue weighted by molar-refractivity contribution is 5.56. The molecular formula is C15H23FN2. The maximum atomic E-state index is 14.1. The summed E-state index contributed by atoms with van der Waals surface area (Å²) in [5, 5.41) is 0. The number of para-hydroxylation sites is 1. The lowest BCUT2D eigenvalue weighted by molar-refractivity contribution is 0.423. The van der Waals surface area contributed by atoms with Gasteiger partial charge in [-0.1, -0.05) is 31.4 Å². The average molecular weight is 250 g/mol. The quantitative estimate of drug-likeness (QED) is 0.888. The van der Waals surface area contributed by atoms with Crippen LogP contribution in [0.25, 0.3) is 0 Å². The van der Waals surface area contributed by atoms with Crippen LogP contribution in [0.1, 0.15) is 50.6 Å². The topological polar surface area (TPSA) is 29.3 Å². The van der Waals surface area contributed by atoms with E-state index in [1.165, 1.54) is 25.3 Å². The largest absolute Gasteiger partial charge is 0.369 e. The van der Waals surface area contributed by atoms with Crippen LogP contribution in [0, 0.1) is 5.82 Å². The lowest BCUT2D eigenvalue weighted by Gasteiger charge is -2.35. The second kappa shape index (κ2) is 5.70. The van der Waals surface area contributed by atoms with Crippen LogP contribution in [-0.4, -0.2) is 13.1 Å². The van der Waals surface area contributed by atoms with Gasteiger partial charge >= 0.3 is 0 Å². The van der Waals surface area contributed by atoms with E-state index in [2.05, 4.69) is 4.90 Å². The maximum absolute atomic E-state index is 14.1. The molecule has 0 radical (unpaired) electrons.